The van der Waals surface area contributed by atoms with Gasteiger partial charge in [0.05, 0.1) is 17.5 Å². The summed E-state index contributed by atoms with van der Waals surface area (Å²) >= 11 is 0. The number of ether oxygens (including phenoxy) is 1. The number of H-pyrrole nitrogens is 1. The van der Waals surface area contributed by atoms with Crippen LogP contribution >= 0.6 is 0 Å². The Hall–Kier alpha value is -3.49. The van der Waals surface area contributed by atoms with Crippen molar-refractivity contribution in [1.29, 1.82) is 0 Å². The van der Waals surface area contributed by atoms with Crippen molar-refractivity contribution in [2.24, 2.45) is 0 Å². The molecule has 0 saturated heterocycles. The van der Waals surface area contributed by atoms with E-state index in [1.807, 2.05) is 24.3 Å². The number of hydrazine groups is 1. The zero-order valence-corrected chi connectivity index (χ0v) is 13.3. The van der Waals surface area contributed by atoms with Crippen LogP contribution in [-0.4, -0.2) is 28.4 Å². The molecule has 0 aliphatic carbocycles. The second-order valence-corrected chi connectivity index (χ2v) is 5.28. The summed E-state index contributed by atoms with van der Waals surface area (Å²) in [5.41, 5.74) is 6.24. The highest BCUT2D eigenvalue weighted by molar-refractivity contribution is 5.95. The predicted molar refractivity (Wildman–Crippen MR) is 88.5 cm³/mol. The summed E-state index contributed by atoms with van der Waals surface area (Å²) < 4.78 is 28.4. The molecule has 7 nitrogen and oxygen atoms in total. The van der Waals surface area contributed by atoms with Crippen LogP contribution in [0.5, 0.6) is 5.75 Å². The third-order valence-corrected chi connectivity index (χ3v) is 3.42. The molecule has 3 aromatic rings. The quantitative estimate of drug-likeness (QED) is 0.608. The summed E-state index contributed by atoms with van der Waals surface area (Å²) in [7, 11) is 0. The highest BCUT2D eigenvalue weighted by Gasteiger charge is 2.11. The molecule has 0 bridgehead atoms. The van der Waals surface area contributed by atoms with E-state index >= 15 is 0 Å². The number of aromatic amines is 1. The average molecular weight is 360 g/mol. The molecule has 0 fully saturated rings. The van der Waals surface area contributed by atoms with Gasteiger partial charge in [0.25, 0.3) is 5.91 Å². The van der Waals surface area contributed by atoms with Gasteiger partial charge < -0.3 is 9.72 Å². The number of halogens is 2. The number of rotatable bonds is 5. The number of imidazole rings is 1. The van der Waals surface area contributed by atoms with Gasteiger partial charge in [-0.05, 0) is 36.4 Å². The molecule has 26 heavy (non-hydrogen) atoms. The Labute approximate surface area is 146 Å². The molecular formula is C17H14F2N4O3. The number of fused-ring (bicyclic) bond motifs is 1. The molecule has 1 aromatic heterocycles. The Kier molecular flexibility index (Phi) is 5.07. The molecule has 0 saturated carbocycles. The molecule has 0 atom stereocenters. The molecule has 0 aliphatic rings. The summed E-state index contributed by atoms with van der Waals surface area (Å²) in [5.74, 6) is -0.654. The summed E-state index contributed by atoms with van der Waals surface area (Å²) in [6, 6.07) is 12.4. The van der Waals surface area contributed by atoms with Crippen LogP contribution in [0.25, 0.3) is 11.0 Å². The molecule has 0 unspecified atom stereocenters. The number of nitrogens with one attached hydrogen (secondary N) is 3. The number of aromatic nitrogens is 2. The number of alkyl halides is 2. The molecule has 0 aliphatic heterocycles. The molecule has 1 heterocycles. The van der Waals surface area contributed by atoms with Gasteiger partial charge in [0.15, 0.2) is 0 Å². The molecule has 9 heteroatoms. The maximum atomic E-state index is 12.1. The number of para-hydroxylation sites is 2. The van der Waals surface area contributed by atoms with Crippen molar-refractivity contribution < 1.29 is 23.1 Å². The lowest BCUT2D eigenvalue weighted by atomic mass is 10.2. The summed E-state index contributed by atoms with van der Waals surface area (Å²) in [6.07, 6.45) is -0.0455. The largest absolute Gasteiger partial charge is 0.435 e. The zero-order chi connectivity index (χ0) is 18.5. The number of carbonyl (C=O) groups is 2. The smallest absolute Gasteiger partial charge is 0.387 e. The second kappa shape index (κ2) is 7.60. The van der Waals surface area contributed by atoms with Crippen LogP contribution in [0.1, 0.15) is 16.2 Å². The minimum absolute atomic E-state index is 0.0455. The van der Waals surface area contributed by atoms with E-state index in [0.29, 0.717) is 5.82 Å². The summed E-state index contributed by atoms with van der Waals surface area (Å²) in [4.78, 5) is 31.1. The number of carbonyl (C=O) groups excluding carboxylic acids is 2. The van der Waals surface area contributed by atoms with E-state index < -0.39 is 18.4 Å². The van der Waals surface area contributed by atoms with E-state index in [2.05, 4.69) is 25.6 Å². The number of amides is 2. The standard InChI is InChI=1S/C17H14F2N4O3/c18-17(19)26-11-7-5-10(6-8-11)16(25)23-22-15(24)9-14-20-12-3-1-2-4-13(12)21-14/h1-8,17H,9H2,(H,20,21)(H,22,24)(H,23,25). The maximum absolute atomic E-state index is 12.1. The predicted octanol–water partition coefficient (Wildman–Crippen LogP) is 2.17. The second-order valence-electron chi connectivity index (χ2n) is 5.28. The van der Waals surface area contributed by atoms with Gasteiger partial charge in [-0.25, -0.2) is 4.98 Å². The van der Waals surface area contributed by atoms with Crippen molar-refractivity contribution in [3.8, 4) is 5.75 Å². The van der Waals surface area contributed by atoms with E-state index in [1.165, 1.54) is 24.3 Å². The molecule has 2 amide bonds. The fraction of sp³-hybridized carbons (Fsp3) is 0.118. The monoisotopic (exact) mass is 360 g/mol. The zero-order valence-electron chi connectivity index (χ0n) is 13.3. The van der Waals surface area contributed by atoms with Gasteiger partial charge >= 0.3 is 6.61 Å². The lowest BCUT2D eigenvalue weighted by Crippen LogP contribution is -2.42. The molecule has 3 rings (SSSR count). The third-order valence-electron chi connectivity index (χ3n) is 3.42. The normalized spacial score (nSPS) is 10.7. The van der Waals surface area contributed by atoms with Gasteiger partial charge in [-0.3, -0.25) is 20.4 Å². The van der Waals surface area contributed by atoms with Crippen molar-refractivity contribution >= 4 is 22.8 Å². The Morgan fingerprint density at radius 1 is 1.08 bits per heavy atom. The van der Waals surface area contributed by atoms with Crippen molar-refractivity contribution in [3.63, 3.8) is 0 Å². The van der Waals surface area contributed by atoms with Gasteiger partial charge in [-0.1, -0.05) is 12.1 Å². The highest BCUT2D eigenvalue weighted by Crippen LogP contribution is 2.14. The Morgan fingerprint density at radius 3 is 2.50 bits per heavy atom. The van der Waals surface area contributed by atoms with Gasteiger partial charge in [-0.15, -0.1) is 0 Å². The highest BCUT2D eigenvalue weighted by atomic mass is 19.3. The van der Waals surface area contributed by atoms with Crippen LogP contribution < -0.4 is 15.6 Å². The lowest BCUT2D eigenvalue weighted by Gasteiger charge is -2.08. The third kappa shape index (κ3) is 4.32. The van der Waals surface area contributed by atoms with Crippen molar-refractivity contribution in [3.05, 3.63) is 59.9 Å². The van der Waals surface area contributed by atoms with Crippen LogP contribution in [0.2, 0.25) is 0 Å². The Balaban J connectivity index is 1.52. The molecule has 0 radical (unpaired) electrons. The fourth-order valence-corrected chi connectivity index (χ4v) is 2.27. The molecular weight excluding hydrogens is 346 g/mol. The van der Waals surface area contributed by atoms with Crippen LogP contribution in [0.15, 0.2) is 48.5 Å². The first kappa shape index (κ1) is 17.3. The first-order valence-electron chi connectivity index (χ1n) is 7.59. The molecule has 134 valence electrons. The van der Waals surface area contributed by atoms with Crippen LogP contribution in [0.3, 0.4) is 0 Å². The average Bonchev–Trinajstić information content (AvgIpc) is 3.02. The minimum Gasteiger partial charge on any atom is -0.435 e. The minimum atomic E-state index is -2.94. The van der Waals surface area contributed by atoms with E-state index in [9.17, 15) is 18.4 Å². The molecule has 2 aromatic carbocycles. The number of hydrogen-bond donors (Lipinski definition) is 3. The number of nitrogens with zero attached hydrogens (tertiary/aromatic N) is 1. The SMILES string of the molecule is O=C(Cc1nc2ccccc2[nH]1)NNC(=O)c1ccc(OC(F)F)cc1. The Morgan fingerprint density at radius 2 is 1.81 bits per heavy atom. The van der Waals surface area contributed by atoms with Crippen LogP contribution in [-0.2, 0) is 11.2 Å². The Bertz CT molecular complexity index is 892. The topological polar surface area (TPSA) is 96.1 Å². The van der Waals surface area contributed by atoms with Crippen LogP contribution in [0, 0.1) is 0 Å². The van der Waals surface area contributed by atoms with E-state index in [4.69, 9.17) is 0 Å². The van der Waals surface area contributed by atoms with E-state index in [-0.39, 0.29) is 17.7 Å². The summed E-state index contributed by atoms with van der Waals surface area (Å²) in [6.45, 7) is -2.94. The first-order valence-corrected chi connectivity index (χ1v) is 7.59. The van der Waals surface area contributed by atoms with Crippen molar-refractivity contribution in [2.75, 3.05) is 0 Å². The molecule has 0 spiro atoms. The fourth-order valence-electron chi connectivity index (χ4n) is 2.27. The van der Waals surface area contributed by atoms with Crippen molar-refractivity contribution in [1.82, 2.24) is 20.8 Å². The number of hydrogen-bond acceptors (Lipinski definition) is 4. The van der Waals surface area contributed by atoms with Crippen molar-refractivity contribution in [2.45, 2.75) is 13.0 Å². The van der Waals surface area contributed by atoms with Crippen LogP contribution in [0.4, 0.5) is 8.78 Å². The first-order chi connectivity index (χ1) is 12.5. The van der Waals surface area contributed by atoms with E-state index in [1.54, 1.807) is 0 Å². The van der Waals surface area contributed by atoms with Gasteiger partial charge in [0, 0.05) is 5.56 Å². The van der Waals surface area contributed by atoms with Gasteiger partial charge in [-0.2, -0.15) is 8.78 Å². The maximum Gasteiger partial charge on any atom is 0.387 e. The molecule has 3 N–H and O–H groups in total. The van der Waals surface area contributed by atoms with Gasteiger partial charge in [0.1, 0.15) is 11.6 Å². The lowest BCUT2D eigenvalue weighted by molar-refractivity contribution is -0.121. The van der Waals surface area contributed by atoms with E-state index in [0.717, 1.165) is 11.0 Å². The summed E-state index contributed by atoms with van der Waals surface area (Å²) in [5, 5.41) is 0. The number of benzene rings is 2. The van der Waals surface area contributed by atoms with Gasteiger partial charge in [0.2, 0.25) is 5.91 Å².